The van der Waals surface area contributed by atoms with E-state index in [2.05, 4.69) is 9.97 Å². The molecule has 1 aromatic carbocycles. The summed E-state index contributed by atoms with van der Waals surface area (Å²) < 4.78 is 5.14. The smallest absolute Gasteiger partial charge is 0.141 e. The number of nitrogen functional groups attached to an aromatic ring is 1. The Balaban J connectivity index is 2.04. The number of imidazole rings is 1. The van der Waals surface area contributed by atoms with E-state index in [1.165, 1.54) is 5.56 Å². The van der Waals surface area contributed by atoms with Crippen molar-refractivity contribution in [3.8, 4) is 5.75 Å². The van der Waals surface area contributed by atoms with E-state index in [1.54, 1.807) is 7.11 Å². The highest BCUT2D eigenvalue weighted by Gasteiger charge is 2.04. The van der Waals surface area contributed by atoms with E-state index in [-0.39, 0.29) is 0 Å². The Morgan fingerprint density at radius 1 is 1.28 bits per heavy atom. The predicted molar refractivity (Wildman–Crippen MR) is 72.9 cm³/mol. The Hall–Kier alpha value is -1.97. The van der Waals surface area contributed by atoms with Crippen LogP contribution in [0.2, 0.25) is 0 Å². The van der Waals surface area contributed by atoms with Crippen LogP contribution in [0.25, 0.3) is 0 Å². The summed E-state index contributed by atoms with van der Waals surface area (Å²) in [7, 11) is 1.62. The standard InChI is InChI=1S/C14H19N3O/c1-9-10(2)17-14(16-9)7-5-11-4-6-13(18-3)12(15)8-11/h4,6,8H,5,7,15H2,1-3H3,(H,16,17). The Morgan fingerprint density at radius 2 is 2.06 bits per heavy atom. The Labute approximate surface area is 107 Å². The highest BCUT2D eigenvalue weighted by molar-refractivity contribution is 5.54. The molecular weight excluding hydrogens is 226 g/mol. The number of nitrogens with zero attached hydrogens (tertiary/aromatic N) is 1. The molecule has 2 rings (SSSR count). The van der Waals surface area contributed by atoms with Crippen LogP contribution in [-0.2, 0) is 12.8 Å². The molecular formula is C14H19N3O. The lowest BCUT2D eigenvalue weighted by Gasteiger charge is -2.06. The quantitative estimate of drug-likeness (QED) is 0.813. The second-order valence-corrected chi connectivity index (χ2v) is 4.47. The number of anilines is 1. The predicted octanol–water partition coefficient (Wildman–Crippen LogP) is 2.40. The van der Waals surface area contributed by atoms with Gasteiger partial charge in [0.05, 0.1) is 18.5 Å². The molecule has 0 unspecified atom stereocenters. The van der Waals surface area contributed by atoms with Crippen LogP contribution >= 0.6 is 0 Å². The average Bonchev–Trinajstić information content (AvgIpc) is 2.66. The molecule has 0 saturated carbocycles. The fourth-order valence-corrected chi connectivity index (χ4v) is 1.94. The first-order valence-electron chi connectivity index (χ1n) is 6.04. The fourth-order valence-electron chi connectivity index (χ4n) is 1.94. The van der Waals surface area contributed by atoms with E-state index >= 15 is 0 Å². The molecule has 0 radical (unpaired) electrons. The molecule has 0 bridgehead atoms. The molecule has 4 nitrogen and oxygen atoms in total. The van der Waals surface area contributed by atoms with Crippen molar-refractivity contribution in [1.29, 1.82) is 0 Å². The van der Waals surface area contributed by atoms with E-state index in [0.29, 0.717) is 5.69 Å². The molecule has 2 aromatic rings. The lowest BCUT2D eigenvalue weighted by molar-refractivity contribution is 0.417. The van der Waals surface area contributed by atoms with Gasteiger partial charge in [-0.05, 0) is 38.0 Å². The second-order valence-electron chi connectivity index (χ2n) is 4.47. The molecule has 0 atom stereocenters. The maximum atomic E-state index is 5.88. The van der Waals surface area contributed by atoms with Gasteiger partial charge in [0.15, 0.2) is 0 Å². The zero-order chi connectivity index (χ0) is 13.1. The molecule has 3 N–H and O–H groups in total. The highest BCUT2D eigenvalue weighted by atomic mass is 16.5. The molecule has 18 heavy (non-hydrogen) atoms. The van der Waals surface area contributed by atoms with Gasteiger partial charge in [0, 0.05) is 12.1 Å². The number of hydrogen-bond donors (Lipinski definition) is 2. The monoisotopic (exact) mass is 245 g/mol. The molecule has 96 valence electrons. The van der Waals surface area contributed by atoms with Gasteiger partial charge in [-0.15, -0.1) is 0 Å². The number of rotatable bonds is 4. The molecule has 0 aliphatic heterocycles. The number of aromatic nitrogens is 2. The zero-order valence-electron chi connectivity index (χ0n) is 11.1. The largest absolute Gasteiger partial charge is 0.495 e. The van der Waals surface area contributed by atoms with Crippen molar-refractivity contribution >= 4 is 5.69 Å². The summed E-state index contributed by atoms with van der Waals surface area (Å²) in [6, 6.07) is 5.91. The van der Waals surface area contributed by atoms with Gasteiger partial charge in [0.1, 0.15) is 11.6 Å². The lowest BCUT2D eigenvalue weighted by atomic mass is 10.1. The Morgan fingerprint density at radius 3 is 2.61 bits per heavy atom. The average molecular weight is 245 g/mol. The number of hydrogen-bond acceptors (Lipinski definition) is 3. The normalized spacial score (nSPS) is 10.6. The van der Waals surface area contributed by atoms with Crippen LogP contribution in [0.4, 0.5) is 5.69 Å². The first kappa shape index (κ1) is 12.5. The maximum Gasteiger partial charge on any atom is 0.141 e. The first-order valence-corrected chi connectivity index (χ1v) is 6.04. The summed E-state index contributed by atoms with van der Waals surface area (Å²) in [5.41, 5.74) is 9.96. The lowest BCUT2D eigenvalue weighted by Crippen LogP contribution is -1.97. The molecule has 0 aliphatic carbocycles. The summed E-state index contributed by atoms with van der Waals surface area (Å²) in [6.45, 7) is 4.05. The van der Waals surface area contributed by atoms with Gasteiger partial charge in [-0.3, -0.25) is 0 Å². The SMILES string of the molecule is COc1ccc(CCc2nc(C)c(C)[nH]2)cc1N. The van der Waals surface area contributed by atoms with Gasteiger partial charge in [-0.25, -0.2) is 4.98 Å². The highest BCUT2D eigenvalue weighted by Crippen LogP contribution is 2.22. The second kappa shape index (κ2) is 5.12. The maximum absolute atomic E-state index is 5.88. The fraction of sp³-hybridized carbons (Fsp3) is 0.357. The minimum absolute atomic E-state index is 0.682. The first-order chi connectivity index (χ1) is 8.60. The third kappa shape index (κ3) is 2.64. The molecule has 0 saturated heterocycles. The molecule has 1 heterocycles. The molecule has 1 aromatic heterocycles. The van der Waals surface area contributed by atoms with Gasteiger partial charge in [-0.2, -0.15) is 0 Å². The minimum atomic E-state index is 0.682. The molecule has 0 fully saturated rings. The van der Waals surface area contributed by atoms with E-state index in [1.807, 2.05) is 32.0 Å². The molecule has 0 aliphatic rings. The van der Waals surface area contributed by atoms with Crippen LogP contribution in [0.1, 0.15) is 22.8 Å². The zero-order valence-corrected chi connectivity index (χ0v) is 11.1. The molecule has 0 amide bonds. The van der Waals surface area contributed by atoms with Crippen molar-refractivity contribution in [3.05, 3.63) is 41.0 Å². The van der Waals surface area contributed by atoms with Crippen LogP contribution in [0.5, 0.6) is 5.75 Å². The van der Waals surface area contributed by atoms with E-state index in [9.17, 15) is 0 Å². The number of nitrogens with two attached hydrogens (primary N) is 1. The van der Waals surface area contributed by atoms with Crippen molar-refractivity contribution in [2.24, 2.45) is 0 Å². The van der Waals surface area contributed by atoms with Gasteiger partial charge in [0.25, 0.3) is 0 Å². The van der Waals surface area contributed by atoms with E-state index in [0.717, 1.165) is 35.8 Å². The summed E-state index contributed by atoms with van der Waals surface area (Å²) in [5.74, 6) is 1.75. The van der Waals surface area contributed by atoms with Crippen molar-refractivity contribution in [3.63, 3.8) is 0 Å². The third-order valence-electron chi connectivity index (χ3n) is 3.12. The summed E-state index contributed by atoms with van der Waals surface area (Å²) in [5, 5.41) is 0. The summed E-state index contributed by atoms with van der Waals surface area (Å²) >= 11 is 0. The van der Waals surface area contributed by atoms with Gasteiger partial charge in [0.2, 0.25) is 0 Å². The topological polar surface area (TPSA) is 63.9 Å². The van der Waals surface area contributed by atoms with Crippen molar-refractivity contribution < 1.29 is 4.74 Å². The minimum Gasteiger partial charge on any atom is -0.495 e. The number of methoxy groups -OCH3 is 1. The number of H-pyrrole nitrogens is 1. The van der Waals surface area contributed by atoms with Gasteiger partial charge in [-0.1, -0.05) is 6.07 Å². The van der Waals surface area contributed by atoms with Crippen LogP contribution in [-0.4, -0.2) is 17.1 Å². The van der Waals surface area contributed by atoms with E-state index < -0.39 is 0 Å². The molecule has 0 spiro atoms. The summed E-state index contributed by atoms with van der Waals surface area (Å²) in [6.07, 6.45) is 1.81. The number of benzene rings is 1. The van der Waals surface area contributed by atoms with Crippen LogP contribution in [0.3, 0.4) is 0 Å². The Kier molecular flexibility index (Phi) is 3.55. The van der Waals surface area contributed by atoms with Gasteiger partial charge < -0.3 is 15.5 Å². The third-order valence-corrected chi connectivity index (χ3v) is 3.12. The molecule has 4 heteroatoms. The number of nitrogens with one attached hydrogen (secondary N) is 1. The van der Waals surface area contributed by atoms with Crippen molar-refractivity contribution in [2.45, 2.75) is 26.7 Å². The van der Waals surface area contributed by atoms with E-state index in [4.69, 9.17) is 10.5 Å². The number of aromatic amines is 1. The van der Waals surface area contributed by atoms with Crippen molar-refractivity contribution in [1.82, 2.24) is 9.97 Å². The van der Waals surface area contributed by atoms with Crippen LogP contribution in [0.15, 0.2) is 18.2 Å². The van der Waals surface area contributed by atoms with Crippen LogP contribution < -0.4 is 10.5 Å². The van der Waals surface area contributed by atoms with Crippen LogP contribution in [0, 0.1) is 13.8 Å². The van der Waals surface area contributed by atoms with Crippen molar-refractivity contribution in [2.75, 3.05) is 12.8 Å². The summed E-state index contributed by atoms with van der Waals surface area (Å²) in [4.78, 5) is 7.75. The van der Waals surface area contributed by atoms with Gasteiger partial charge >= 0.3 is 0 Å². The number of aryl methyl sites for hydroxylation is 4. The Bertz CT molecular complexity index is 526. The number of ether oxygens (including phenoxy) is 1.